The minimum Gasteiger partial charge on any atom is -0.481 e. The van der Waals surface area contributed by atoms with Crippen LogP contribution in [0, 0.1) is 5.82 Å². The number of benzene rings is 2. The van der Waals surface area contributed by atoms with E-state index in [1.165, 1.54) is 18.2 Å². The van der Waals surface area contributed by atoms with E-state index in [1.807, 2.05) is 0 Å². The Morgan fingerprint density at radius 1 is 1.15 bits per heavy atom. The second kappa shape index (κ2) is 6.25. The molecule has 1 N–H and O–H groups in total. The van der Waals surface area contributed by atoms with Crippen LogP contribution in [-0.4, -0.2) is 11.1 Å². The number of rotatable bonds is 4. The van der Waals surface area contributed by atoms with Crippen molar-refractivity contribution in [1.29, 1.82) is 0 Å². The molecule has 0 radical (unpaired) electrons. The zero-order chi connectivity index (χ0) is 14.7. The van der Waals surface area contributed by atoms with Gasteiger partial charge in [0.2, 0.25) is 0 Å². The summed E-state index contributed by atoms with van der Waals surface area (Å²) < 4.78 is 13.0. The van der Waals surface area contributed by atoms with Gasteiger partial charge in [-0.1, -0.05) is 41.4 Å². The molecule has 0 spiro atoms. The Hall–Kier alpha value is -1.58. The van der Waals surface area contributed by atoms with E-state index in [-0.39, 0.29) is 11.4 Å². The number of carbonyl (C=O) groups is 1. The van der Waals surface area contributed by atoms with Crippen molar-refractivity contribution in [2.24, 2.45) is 0 Å². The fourth-order valence-corrected chi connectivity index (χ4v) is 2.32. The molecule has 104 valence electrons. The van der Waals surface area contributed by atoms with E-state index in [0.29, 0.717) is 16.1 Å². The van der Waals surface area contributed by atoms with Crippen LogP contribution in [0.1, 0.15) is 17.0 Å². The van der Waals surface area contributed by atoms with Gasteiger partial charge >= 0.3 is 5.97 Å². The van der Waals surface area contributed by atoms with E-state index >= 15 is 0 Å². The van der Waals surface area contributed by atoms with Crippen LogP contribution in [0.3, 0.4) is 0 Å². The maximum absolute atomic E-state index is 13.0. The van der Waals surface area contributed by atoms with Crippen LogP contribution in [0.2, 0.25) is 10.0 Å². The zero-order valence-electron chi connectivity index (χ0n) is 10.3. The SMILES string of the molecule is O=C(O)C(Cc1ccc(F)cc1Cl)c1ccc(Cl)cc1. The highest BCUT2D eigenvalue weighted by molar-refractivity contribution is 6.31. The van der Waals surface area contributed by atoms with Gasteiger partial charge in [0.1, 0.15) is 5.82 Å². The van der Waals surface area contributed by atoms with Crippen LogP contribution in [0.5, 0.6) is 0 Å². The first-order valence-corrected chi connectivity index (χ1v) is 6.65. The molecule has 0 amide bonds. The monoisotopic (exact) mass is 312 g/mol. The topological polar surface area (TPSA) is 37.3 Å². The maximum atomic E-state index is 13.0. The van der Waals surface area contributed by atoms with Crippen LogP contribution in [0.4, 0.5) is 4.39 Å². The maximum Gasteiger partial charge on any atom is 0.311 e. The molecule has 0 heterocycles. The van der Waals surface area contributed by atoms with E-state index in [2.05, 4.69) is 0 Å². The second-order valence-corrected chi connectivity index (χ2v) is 5.23. The molecule has 0 aliphatic carbocycles. The summed E-state index contributed by atoms with van der Waals surface area (Å²) in [6.45, 7) is 0. The molecule has 2 nitrogen and oxygen atoms in total. The van der Waals surface area contributed by atoms with Gasteiger partial charge in [-0.15, -0.1) is 0 Å². The largest absolute Gasteiger partial charge is 0.481 e. The lowest BCUT2D eigenvalue weighted by molar-refractivity contribution is -0.138. The van der Waals surface area contributed by atoms with Crippen molar-refractivity contribution in [2.45, 2.75) is 12.3 Å². The average molecular weight is 313 g/mol. The Labute approximate surface area is 125 Å². The molecule has 0 fully saturated rings. The summed E-state index contributed by atoms with van der Waals surface area (Å²) in [5.74, 6) is -2.17. The molecule has 0 aromatic heterocycles. The van der Waals surface area contributed by atoms with Gasteiger partial charge in [0.15, 0.2) is 0 Å². The lowest BCUT2D eigenvalue weighted by atomic mass is 9.92. The van der Waals surface area contributed by atoms with Gasteiger partial charge in [0, 0.05) is 10.0 Å². The first-order chi connectivity index (χ1) is 9.47. The summed E-state index contributed by atoms with van der Waals surface area (Å²) in [5.41, 5.74) is 1.22. The zero-order valence-corrected chi connectivity index (χ0v) is 11.8. The Bertz CT molecular complexity index is 626. The molecule has 2 aromatic carbocycles. The Morgan fingerprint density at radius 3 is 2.35 bits per heavy atom. The fourth-order valence-electron chi connectivity index (χ4n) is 1.95. The molecule has 2 aromatic rings. The predicted octanol–water partition coefficient (Wildman–Crippen LogP) is 4.54. The second-order valence-electron chi connectivity index (χ2n) is 4.38. The molecule has 1 unspecified atom stereocenters. The normalized spacial score (nSPS) is 12.2. The smallest absolute Gasteiger partial charge is 0.311 e. The fraction of sp³-hybridized carbons (Fsp3) is 0.133. The molecule has 0 saturated carbocycles. The van der Waals surface area contributed by atoms with Gasteiger partial charge < -0.3 is 5.11 Å². The molecule has 5 heteroatoms. The molecular weight excluding hydrogens is 302 g/mol. The minimum absolute atomic E-state index is 0.191. The summed E-state index contributed by atoms with van der Waals surface area (Å²) in [4.78, 5) is 11.4. The first-order valence-electron chi connectivity index (χ1n) is 5.89. The Kier molecular flexibility index (Phi) is 4.63. The summed E-state index contributed by atoms with van der Waals surface area (Å²) in [6.07, 6.45) is 0.191. The van der Waals surface area contributed by atoms with Crippen LogP contribution in [0.25, 0.3) is 0 Å². The van der Waals surface area contributed by atoms with Crippen LogP contribution < -0.4 is 0 Å². The molecule has 0 bridgehead atoms. The van der Waals surface area contributed by atoms with Crippen molar-refractivity contribution in [2.75, 3.05) is 0 Å². The van der Waals surface area contributed by atoms with Crippen molar-refractivity contribution >= 4 is 29.2 Å². The number of carboxylic acid groups (broad SMARTS) is 1. The third-order valence-corrected chi connectivity index (χ3v) is 3.61. The van der Waals surface area contributed by atoms with Crippen molar-refractivity contribution in [1.82, 2.24) is 0 Å². The van der Waals surface area contributed by atoms with Gasteiger partial charge in [0.05, 0.1) is 5.92 Å². The van der Waals surface area contributed by atoms with Crippen molar-refractivity contribution in [3.63, 3.8) is 0 Å². The van der Waals surface area contributed by atoms with E-state index in [0.717, 1.165) is 0 Å². The lowest BCUT2D eigenvalue weighted by Crippen LogP contribution is -2.14. The number of halogens is 3. The van der Waals surface area contributed by atoms with Crippen LogP contribution in [-0.2, 0) is 11.2 Å². The quantitative estimate of drug-likeness (QED) is 0.899. The summed E-state index contributed by atoms with van der Waals surface area (Å²) in [6, 6.07) is 10.6. The average Bonchev–Trinajstić information content (AvgIpc) is 2.39. The molecule has 0 saturated heterocycles. The number of aliphatic carboxylic acids is 1. The van der Waals surface area contributed by atoms with E-state index < -0.39 is 17.7 Å². The van der Waals surface area contributed by atoms with Crippen molar-refractivity contribution in [3.8, 4) is 0 Å². The molecule has 0 aliphatic rings. The van der Waals surface area contributed by atoms with Crippen molar-refractivity contribution < 1.29 is 14.3 Å². The van der Waals surface area contributed by atoms with Gasteiger partial charge in [0.25, 0.3) is 0 Å². The standard InChI is InChI=1S/C15H11Cl2FO2/c16-11-4-1-9(2-5-11)13(15(19)20)7-10-3-6-12(18)8-14(10)17/h1-6,8,13H,7H2,(H,19,20). The molecule has 2 rings (SSSR count). The summed E-state index contributed by atoms with van der Waals surface area (Å²) in [7, 11) is 0. The van der Waals surface area contributed by atoms with Gasteiger partial charge in [-0.3, -0.25) is 4.79 Å². The van der Waals surface area contributed by atoms with Crippen LogP contribution in [0.15, 0.2) is 42.5 Å². The Balaban J connectivity index is 2.30. The van der Waals surface area contributed by atoms with Crippen molar-refractivity contribution in [3.05, 3.63) is 69.5 Å². The molecule has 1 atom stereocenters. The number of hydrogen-bond donors (Lipinski definition) is 1. The van der Waals surface area contributed by atoms with Gasteiger partial charge in [-0.05, 0) is 41.8 Å². The van der Waals surface area contributed by atoms with E-state index in [4.69, 9.17) is 23.2 Å². The minimum atomic E-state index is -0.965. The molecule has 0 aliphatic heterocycles. The van der Waals surface area contributed by atoms with Crippen LogP contribution >= 0.6 is 23.2 Å². The lowest BCUT2D eigenvalue weighted by Gasteiger charge is -2.14. The number of carboxylic acids is 1. The number of hydrogen-bond acceptors (Lipinski definition) is 1. The predicted molar refractivity (Wildman–Crippen MR) is 76.9 cm³/mol. The van der Waals surface area contributed by atoms with Gasteiger partial charge in [-0.2, -0.15) is 0 Å². The highest BCUT2D eigenvalue weighted by atomic mass is 35.5. The van der Waals surface area contributed by atoms with E-state index in [9.17, 15) is 14.3 Å². The molecular formula is C15H11Cl2FO2. The summed E-state index contributed by atoms with van der Waals surface area (Å²) >= 11 is 11.7. The summed E-state index contributed by atoms with van der Waals surface area (Å²) in [5, 5.41) is 10.1. The first kappa shape index (κ1) is 14.8. The van der Waals surface area contributed by atoms with E-state index in [1.54, 1.807) is 24.3 Å². The third kappa shape index (κ3) is 3.50. The molecule has 20 heavy (non-hydrogen) atoms. The van der Waals surface area contributed by atoms with Gasteiger partial charge in [-0.25, -0.2) is 4.39 Å². The third-order valence-electron chi connectivity index (χ3n) is 3.01. The highest BCUT2D eigenvalue weighted by Crippen LogP contribution is 2.27. The Morgan fingerprint density at radius 2 is 1.80 bits per heavy atom. The highest BCUT2D eigenvalue weighted by Gasteiger charge is 2.21.